The summed E-state index contributed by atoms with van der Waals surface area (Å²) in [6.45, 7) is 0. The number of nitrogens with one attached hydrogen (secondary N) is 1. The molecule has 0 unspecified atom stereocenters. The Morgan fingerprint density at radius 3 is 2.71 bits per heavy atom. The number of hydrogen-bond acceptors (Lipinski definition) is 4. The highest BCUT2D eigenvalue weighted by Crippen LogP contribution is 2.25. The SMILES string of the molecule is Nc1nc2ccc(C(=O)Nc3ccc(F)c(F)c3)cc2s1. The highest BCUT2D eigenvalue weighted by atomic mass is 32.1. The van der Waals surface area contributed by atoms with E-state index in [4.69, 9.17) is 5.73 Å². The van der Waals surface area contributed by atoms with Crippen molar-refractivity contribution in [3.8, 4) is 0 Å². The lowest BCUT2D eigenvalue weighted by molar-refractivity contribution is 0.102. The van der Waals surface area contributed by atoms with Crippen molar-refractivity contribution in [1.29, 1.82) is 0 Å². The number of nitrogens with zero attached hydrogens (tertiary/aromatic N) is 1. The maximum atomic E-state index is 13.1. The third-order valence-electron chi connectivity index (χ3n) is 2.84. The fraction of sp³-hybridized carbons (Fsp3) is 0. The van der Waals surface area contributed by atoms with Crippen LogP contribution in [0.4, 0.5) is 19.6 Å². The van der Waals surface area contributed by atoms with Crippen molar-refractivity contribution in [3.63, 3.8) is 0 Å². The predicted octanol–water partition coefficient (Wildman–Crippen LogP) is 3.41. The molecular formula is C14H9F2N3OS. The lowest BCUT2D eigenvalue weighted by atomic mass is 10.2. The Hall–Kier alpha value is -2.54. The second-order valence-corrected chi connectivity index (χ2v) is 5.38. The molecule has 0 saturated heterocycles. The van der Waals surface area contributed by atoms with E-state index in [-0.39, 0.29) is 5.69 Å². The minimum absolute atomic E-state index is 0.183. The molecule has 1 heterocycles. The van der Waals surface area contributed by atoms with Crippen LogP contribution in [0, 0.1) is 11.6 Å². The fourth-order valence-corrected chi connectivity index (χ4v) is 2.63. The topological polar surface area (TPSA) is 68.0 Å². The third kappa shape index (κ3) is 2.68. The number of carbonyl (C=O) groups is 1. The van der Waals surface area contributed by atoms with Crippen LogP contribution in [0.25, 0.3) is 10.2 Å². The first-order chi connectivity index (χ1) is 10.0. The zero-order valence-electron chi connectivity index (χ0n) is 10.6. The van der Waals surface area contributed by atoms with E-state index in [1.807, 2.05) is 0 Å². The van der Waals surface area contributed by atoms with E-state index in [9.17, 15) is 13.6 Å². The number of thiazole rings is 1. The van der Waals surface area contributed by atoms with E-state index < -0.39 is 17.5 Å². The lowest BCUT2D eigenvalue weighted by Gasteiger charge is -2.05. The van der Waals surface area contributed by atoms with Gasteiger partial charge in [0, 0.05) is 17.3 Å². The third-order valence-corrected chi connectivity index (χ3v) is 3.69. The van der Waals surface area contributed by atoms with Gasteiger partial charge in [0.25, 0.3) is 5.91 Å². The van der Waals surface area contributed by atoms with E-state index in [1.54, 1.807) is 18.2 Å². The van der Waals surface area contributed by atoms with Crippen molar-refractivity contribution in [3.05, 3.63) is 53.6 Å². The van der Waals surface area contributed by atoms with Crippen LogP contribution in [0.5, 0.6) is 0 Å². The van der Waals surface area contributed by atoms with Gasteiger partial charge in [-0.3, -0.25) is 4.79 Å². The van der Waals surface area contributed by atoms with Gasteiger partial charge in [0.05, 0.1) is 10.2 Å². The number of nitrogen functional groups attached to an aromatic ring is 1. The van der Waals surface area contributed by atoms with Gasteiger partial charge in [0.2, 0.25) is 0 Å². The van der Waals surface area contributed by atoms with Gasteiger partial charge < -0.3 is 11.1 Å². The number of carbonyl (C=O) groups excluding carboxylic acids is 1. The second-order valence-electron chi connectivity index (χ2n) is 4.32. The molecule has 0 fully saturated rings. The van der Waals surface area contributed by atoms with Gasteiger partial charge in [-0.05, 0) is 30.3 Å². The van der Waals surface area contributed by atoms with Crippen LogP contribution in [-0.2, 0) is 0 Å². The highest BCUT2D eigenvalue weighted by molar-refractivity contribution is 7.22. The average molecular weight is 305 g/mol. The summed E-state index contributed by atoms with van der Waals surface area (Å²) >= 11 is 1.27. The van der Waals surface area contributed by atoms with Crippen molar-refractivity contribution in [2.24, 2.45) is 0 Å². The van der Waals surface area contributed by atoms with Crippen LogP contribution < -0.4 is 11.1 Å². The molecule has 7 heteroatoms. The summed E-state index contributed by atoms with van der Waals surface area (Å²) in [5, 5.41) is 2.92. The zero-order valence-corrected chi connectivity index (χ0v) is 11.4. The molecule has 0 radical (unpaired) electrons. The molecule has 0 aliphatic rings. The number of nitrogens with two attached hydrogens (primary N) is 1. The molecule has 3 N–H and O–H groups in total. The summed E-state index contributed by atoms with van der Waals surface area (Å²) in [5.41, 5.74) is 6.88. The molecule has 0 atom stereocenters. The van der Waals surface area contributed by atoms with Crippen molar-refractivity contribution in [2.75, 3.05) is 11.1 Å². The number of benzene rings is 2. The fourth-order valence-electron chi connectivity index (χ4n) is 1.86. The van der Waals surface area contributed by atoms with E-state index in [1.165, 1.54) is 17.4 Å². The first-order valence-electron chi connectivity index (χ1n) is 5.95. The monoisotopic (exact) mass is 305 g/mol. The first kappa shape index (κ1) is 13.4. The van der Waals surface area contributed by atoms with Gasteiger partial charge >= 0.3 is 0 Å². The minimum Gasteiger partial charge on any atom is -0.375 e. The van der Waals surface area contributed by atoms with Crippen LogP contribution in [-0.4, -0.2) is 10.9 Å². The largest absolute Gasteiger partial charge is 0.375 e. The summed E-state index contributed by atoms with van der Waals surface area (Å²) in [7, 11) is 0. The Kier molecular flexibility index (Phi) is 3.26. The molecule has 21 heavy (non-hydrogen) atoms. The summed E-state index contributed by atoms with van der Waals surface area (Å²) in [5.74, 6) is -2.40. The van der Waals surface area contributed by atoms with Gasteiger partial charge in [-0.25, -0.2) is 13.8 Å². The Morgan fingerprint density at radius 2 is 1.95 bits per heavy atom. The molecule has 1 amide bonds. The van der Waals surface area contributed by atoms with Crippen molar-refractivity contribution in [1.82, 2.24) is 4.98 Å². The zero-order chi connectivity index (χ0) is 15.0. The van der Waals surface area contributed by atoms with Crippen molar-refractivity contribution >= 4 is 38.3 Å². The highest BCUT2D eigenvalue weighted by Gasteiger charge is 2.10. The van der Waals surface area contributed by atoms with E-state index >= 15 is 0 Å². The summed E-state index contributed by atoms with van der Waals surface area (Å²) in [4.78, 5) is 16.2. The maximum absolute atomic E-state index is 13.1. The molecule has 1 aromatic heterocycles. The van der Waals surface area contributed by atoms with E-state index in [2.05, 4.69) is 10.3 Å². The number of fused-ring (bicyclic) bond motifs is 1. The van der Waals surface area contributed by atoms with Gasteiger partial charge in [0.1, 0.15) is 0 Å². The number of hydrogen-bond donors (Lipinski definition) is 2. The second kappa shape index (κ2) is 5.10. The van der Waals surface area contributed by atoms with Crippen LogP contribution in [0.15, 0.2) is 36.4 Å². The summed E-state index contributed by atoms with van der Waals surface area (Å²) < 4.78 is 26.7. The Morgan fingerprint density at radius 1 is 1.14 bits per heavy atom. The number of anilines is 2. The van der Waals surface area contributed by atoms with Crippen LogP contribution >= 0.6 is 11.3 Å². The van der Waals surface area contributed by atoms with Gasteiger partial charge in [-0.2, -0.15) is 0 Å². The summed E-state index contributed by atoms with van der Waals surface area (Å²) in [6.07, 6.45) is 0. The molecule has 2 aromatic carbocycles. The van der Waals surface area contributed by atoms with Gasteiger partial charge in [-0.15, -0.1) is 0 Å². The Balaban J connectivity index is 1.87. The molecule has 3 rings (SSSR count). The quantitative estimate of drug-likeness (QED) is 0.762. The van der Waals surface area contributed by atoms with Crippen LogP contribution in [0.3, 0.4) is 0 Å². The molecule has 0 aliphatic carbocycles. The smallest absolute Gasteiger partial charge is 0.255 e. The minimum atomic E-state index is -1.02. The predicted molar refractivity (Wildman–Crippen MR) is 78.3 cm³/mol. The molecule has 4 nitrogen and oxygen atoms in total. The lowest BCUT2D eigenvalue weighted by Crippen LogP contribution is -2.12. The molecule has 106 valence electrons. The molecule has 0 aliphatic heterocycles. The number of rotatable bonds is 2. The number of aromatic nitrogens is 1. The normalized spacial score (nSPS) is 10.8. The number of amides is 1. The van der Waals surface area contributed by atoms with Crippen molar-refractivity contribution < 1.29 is 13.6 Å². The standard InChI is InChI=1S/C14H9F2N3OS/c15-9-3-2-8(6-10(9)16)18-13(20)7-1-4-11-12(5-7)21-14(17)19-11/h1-6H,(H2,17,19)(H,18,20). The first-order valence-corrected chi connectivity index (χ1v) is 6.77. The molecule has 0 saturated carbocycles. The molecule has 0 bridgehead atoms. The number of halogens is 2. The van der Waals surface area contributed by atoms with Gasteiger partial charge in [-0.1, -0.05) is 11.3 Å². The van der Waals surface area contributed by atoms with Crippen molar-refractivity contribution in [2.45, 2.75) is 0 Å². The van der Waals surface area contributed by atoms with E-state index in [0.29, 0.717) is 16.2 Å². The van der Waals surface area contributed by atoms with Crippen LogP contribution in [0.2, 0.25) is 0 Å². The maximum Gasteiger partial charge on any atom is 0.255 e. The Labute approximate surface area is 122 Å². The molecule has 3 aromatic rings. The average Bonchev–Trinajstić information content (AvgIpc) is 2.82. The van der Waals surface area contributed by atoms with Gasteiger partial charge in [0.15, 0.2) is 16.8 Å². The Bertz CT molecular complexity index is 847. The molecular weight excluding hydrogens is 296 g/mol. The molecule has 0 spiro atoms. The van der Waals surface area contributed by atoms with E-state index in [0.717, 1.165) is 16.8 Å². The van der Waals surface area contributed by atoms with Crippen LogP contribution in [0.1, 0.15) is 10.4 Å². The summed E-state index contributed by atoms with van der Waals surface area (Å²) in [6, 6.07) is 8.10.